The van der Waals surface area contributed by atoms with E-state index in [9.17, 15) is 4.79 Å². The topological polar surface area (TPSA) is 42.0 Å². The van der Waals surface area contributed by atoms with Crippen LogP contribution in [0.15, 0.2) is 12.1 Å². The fraction of sp³-hybridized carbons (Fsp3) is 0.429. The summed E-state index contributed by atoms with van der Waals surface area (Å²) < 4.78 is 1.11. The van der Waals surface area contributed by atoms with Crippen LogP contribution in [0.2, 0.25) is 0 Å². The summed E-state index contributed by atoms with van der Waals surface area (Å²) in [5.41, 5.74) is 3.42. The summed E-state index contributed by atoms with van der Waals surface area (Å²) in [6, 6.07) is 4.18. The minimum Gasteiger partial charge on any atom is -0.301 e. The molecule has 2 aromatic rings. The van der Waals surface area contributed by atoms with Crippen molar-refractivity contribution >= 4 is 48.5 Å². The SMILES string of the molecule is CCC[C@@H](Br)C(=O)Nc1nc2cc(C)c(C)cc2s1. The zero-order chi connectivity index (χ0) is 14.0. The fourth-order valence-corrected chi connectivity index (χ4v) is 3.32. The largest absolute Gasteiger partial charge is 0.301 e. The molecule has 1 heterocycles. The molecular weight excluding hydrogens is 324 g/mol. The zero-order valence-electron chi connectivity index (χ0n) is 11.3. The number of nitrogens with one attached hydrogen (secondary N) is 1. The normalized spacial score (nSPS) is 12.6. The molecule has 1 aromatic carbocycles. The number of benzene rings is 1. The number of carbonyl (C=O) groups excluding carboxylic acids is 1. The van der Waals surface area contributed by atoms with Crippen molar-refractivity contribution in [1.82, 2.24) is 4.98 Å². The summed E-state index contributed by atoms with van der Waals surface area (Å²) in [6.45, 7) is 6.22. The molecule has 0 unspecified atom stereocenters. The van der Waals surface area contributed by atoms with Gasteiger partial charge in [-0.15, -0.1) is 0 Å². The second-order valence-corrected chi connectivity index (χ2v) is 6.80. The van der Waals surface area contributed by atoms with Crippen LogP contribution in [0.3, 0.4) is 0 Å². The van der Waals surface area contributed by atoms with Gasteiger partial charge in [0.1, 0.15) is 0 Å². The van der Waals surface area contributed by atoms with Crippen molar-refractivity contribution in [2.24, 2.45) is 0 Å². The van der Waals surface area contributed by atoms with Crippen LogP contribution in [-0.2, 0) is 4.79 Å². The van der Waals surface area contributed by atoms with Gasteiger partial charge in [-0.05, 0) is 43.5 Å². The molecule has 0 saturated carbocycles. The van der Waals surface area contributed by atoms with Crippen molar-refractivity contribution in [3.05, 3.63) is 23.3 Å². The van der Waals surface area contributed by atoms with E-state index in [2.05, 4.69) is 59.1 Å². The minimum absolute atomic E-state index is 0.0191. The summed E-state index contributed by atoms with van der Waals surface area (Å²) in [4.78, 5) is 16.2. The Balaban J connectivity index is 2.20. The fourth-order valence-electron chi connectivity index (χ4n) is 1.80. The number of fused-ring (bicyclic) bond motifs is 1. The van der Waals surface area contributed by atoms with Crippen LogP contribution < -0.4 is 5.32 Å². The van der Waals surface area contributed by atoms with Crippen molar-refractivity contribution in [1.29, 1.82) is 0 Å². The Hall–Kier alpha value is -0.940. The van der Waals surface area contributed by atoms with Gasteiger partial charge in [0, 0.05) is 0 Å². The van der Waals surface area contributed by atoms with Crippen LogP contribution in [0.25, 0.3) is 10.2 Å². The smallest absolute Gasteiger partial charge is 0.239 e. The van der Waals surface area contributed by atoms with Gasteiger partial charge in [0.25, 0.3) is 0 Å². The molecule has 19 heavy (non-hydrogen) atoms. The third-order valence-corrected chi connectivity index (χ3v) is 4.87. The number of nitrogens with zero attached hydrogens (tertiary/aromatic N) is 1. The van der Waals surface area contributed by atoms with Gasteiger partial charge in [-0.25, -0.2) is 4.98 Å². The average Bonchev–Trinajstić information content (AvgIpc) is 2.71. The molecule has 102 valence electrons. The Morgan fingerprint density at radius 3 is 2.79 bits per heavy atom. The van der Waals surface area contributed by atoms with E-state index in [1.165, 1.54) is 22.5 Å². The van der Waals surface area contributed by atoms with Crippen LogP contribution in [0.1, 0.15) is 30.9 Å². The van der Waals surface area contributed by atoms with Gasteiger partial charge in [0.15, 0.2) is 5.13 Å². The quantitative estimate of drug-likeness (QED) is 0.837. The van der Waals surface area contributed by atoms with Gasteiger partial charge in [0.05, 0.1) is 15.0 Å². The standard InChI is InChI=1S/C14H17BrN2OS/c1-4-5-10(15)13(18)17-14-16-11-6-8(2)9(3)7-12(11)19-14/h6-7,10H,4-5H2,1-3H3,(H,16,17,18)/t10-/m1/s1. The second-order valence-electron chi connectivity index (χ2n) is 4.67. The highest BCUT2D eigenvalue weighted by Gasteiger charge is 2.15. The third kappa shape index (κ3) is 3.34. The van der Waals surface area contributed by atoms with Gasteiger partial charge in [-0.1, -0.05) is 40.6 Å². The van der Waals surface area contributed by atoms with E-state index in [1.807, 2.05) is 0 Å². The van der Waals surface area contributed by atoms with Gasteiger partial charge in [-0.3, -0.25) is 4.79 Å². The lowest BCUT2D eigenvalue weighted by molar-refractivity contribution is -0.115. The average molecular weight is 341 g/mol. The van der Waals surface area contributed by atoms with E-state index < -0.39 is 0 Å². The molecule has 1 amide bonds. The highest BCUT2D eigenvalue weighted by atomic mass is 79.9. The number of rotatable bonds is 4. The number of hydrogen-bond acceptors (Lipinski definition) is 3. The van der Waals surface area contributed by atoms with Crippen LogP contribution >= 0.6 is 27.3 Å². The van der Waals surface area contributed by atoms with E-state index in [4.69, 9.17) is 0 Å². The maximum absolute atomic E-state index is 11.9. The first-order valence-electron chi connectivity index (χ1n) is 6.34. The van der Waals surface area contributed by atoms with Crippen molar-refractivity contribution in [3.8, 4) is 0 Å². The number of hydrogen-bond donors (Lipinski definition) is 1. The van der Waals surface area contributed by atoms with E-state index >= 15 is 0 Å². The van der Waals surface area contributed by atoms with E-state index in [-0.39, 0.29) is 10.7 Å². The molecular formula is C14H17BrN2OS. The Labute approximate surface area is 125 Å². The van der Waals surface area contributed by atoms with Crippen molar-refractivity contribution in [2.45, 2.75) is 38.4 Å². The molecule has 3 nitrogen and oxygen atoms in total. The number of thiazole rings is 1. The highest BCUT2D eigenvalue weighted by Crippen LogP contribution is 2.28. The molecule has 0 radical (unpaired) electrons. The van der Waals surface area contributed by atoms with Crippen LogP contribution in [0, 0.1) is 13.8 Å². The number of anilines is 1. The lowest BCUT2D eigenvalue weighted by atomic mass is 10.1. The predicted octanol–water partition coefficient (Wildman–Crippen LogP) is 4.42. The summed E-state index contributed by atoms with van der Waals surface area (Å²) >= 11 is 4.91. The number of halogens is 1. The summed E-state index contributed by atoms with van der Waals surface area (Å²) in [5.74, 6) is -0.0191. The monoisotopic (exact) mass is 340 g/mol. The molecule has 0 aliphatic carbocycles. The molecule has 0 spiro atoms. The maximum Gasteiger partial charge on any atom is 0.239 e. The molecule has 5 heteroatoms. The Bertz CT molecular complexity index is 570. The van der Waals surface area contributed by atoms with Gasteiger partial charge in [0.2, 0.25) is 5.91 Å². The van der Waals surface area contributed by atoms with Crippen LogP contribution in [0.5, 0.6) is 0 Å². The number of aromatic nitrogens is 1. The maximum atomic E-state index is 11.9. The molecule has 1 N–H and O–H groups in total. The third-order valence-electron chi connectivity index (χ3n) is 3.06. The Morgan fingerprint density at radius 1 is 1.42 bits per heavy atom. The Morgan fingerprint density at radius 2 is 2.11 bits per heavy atom. The number of amides is 1. The molecule has 0 fully saturated rings. The van der Waals surface area contributed by atoms with E-state index in [0.717, 1.165) is 23.1 Å². The lowest BCUT2D eigenvalue weighted by Crippen LogP contribution is -2.22. The molecule has 0 aliphatic rings. The molecule has 0 saturated heterocycles. The molecule has 2 rings (SSSR count). The van der Waals surface area contributed by atoms with Crippen LogP contribution in [-0.4, -0.2) is 15.7 Å². The first kappa shape index (κ1) is 14.5. The number of carbonyl (C=O) groups is 1. The molecule has 0 aliphatic heterocycles. The molecule has 0 bridgehead atoms. The first-order chi connectivity index (χ1) is 9.01. The predicted molar refractivity (Wildman–Crippen MR) is 85.3 cm³/mol. The van der Waals surface area contributed by atoms with Gasteiger partial charge >= 0.3 is 0 Å². The Kier molecular flexibility index (Phi) is 4.58. The highest BCUT2D eigenvalue weighted by molar-refractivity contribution is 9.10. The zero-order valence-corrected chi connectivity index (χ0v) is 13.7. The van der Waals surface area contributed by atoms with Crippen molar-refractivity contribution in [2.75, 3.05) is 5.32 Å². The van der Waals surface area contributed by atoms with E-state index in [0.29, 0.717) is 5.13 Å². The number of aryl methyl sites for hydroxylation is 2. The van der Waals surface area contributed by atoms with Gasteiger partial charge in [-0.2, -0.15) is 0 Å². The summed E-state index contributed by atoms with van der Waals surface area (Å²) in [5, 5.41) is 3.55. The number of alkyl halides is 1. The van der Waals surface area contributed by atoms with Crippen molar-refractivity contribution in [3.63, 3.8) is 0 Å². The second kappa shape index (κ2) is 6.01. The van der Waals surface area contributed by atoms with Crippen molar-refractivity contribution < 1.29 is 4.79 Å². The lowest BCUT2D eigenvalue weighted by Gasteiger charge is -2.06. The van der Waals surface area contributed by atoms with E-state index in [1.54, 1.807) is 0 Å². The minimum atomic E-state index is -0.145. The summed E-state index contributed by atoms with van der Waals surface area (Å²) in [6.07, 6.45) is 1.80. The molecule has 1 atom stereocenters. The first-order valence-corrected chi connectivity index (χ1v) is 8.07. The summed E-state index contributed by atoms with van der Waals surface area (Å²) in [7, 11) is 0. The molecule has 1 aromatic heterocycles. The van der Waals surface area contributed by atoms with Gasteiger partial charge < -0.3 is 5.32 Å². The van der Waals surface area contributed by atoms with Crippen LogP contribution in [0.4, 0.5) is 5.13 Å².